The van der Waals surface area contributed by atoms with Gasteiger partial charge in [-0.05, 0) is 31.5 Å². The Morgan fingerprint density at radius 1 is 1.38 bits per heavy atom. The average molecular weight is 333 g/mol. The van der Waals surface area contributed by atoms with Gasteiger partial charge in [0.15, 0.2) is 0 Å². The summed E-state index contributed by atoms with van der Waals surface area (Å²) in [5, 5.41) is 11.8. The Hall–Kier alpha value is -3.16. The van der Waals surface area contributed by atoms with Crippen molar-refractivity contribution in [1.82, 2.24) is 0 Å². The molecule has 0 aliphatic heterocycles. The van der Waals surface area contributed by atoms with E-state index in [9.17, 15) is 19.7 Å². The number of benzene rings is 1. The molecule has 0 spiro atoms. The molecule has 2 aromatic rings. The summed E-state index contributed by atoms with van der Waals surface area (Å²) in [7, 11) is 0. The predicted octanol–water partition coefficient (Wildman–Crippen LogP) is 2.51. The number of carbonyl (C=O) groups is 1. The fourth-order valence-corrected chi connectivity index (χ4v) is 2.05. The lowest BCUT2D eigenvalue weighted by Gasteiger charge is -2.09. The maximum atomic E-state index is 11.5. The van der Waals surface area contributed by atoms with Crippen molar-refractivity contribution in [2.75, 3.05) is 13.2 Å². The van der Waals surface area contributed by atoms with E-state index in [2.05, 4.69) is 6.58 Å². The molecule has 0 saturated carbocycles. The van der Waals surface area contributed by atoms with E-state index in [0.717, 1.165) is 0 Å². The van der Waals surface area contributed by atoms with E-state index in [1.165, 1.54) is 19.1 Å². The highest BCUT2D eigenvalue weighted by Gasteiger charge is 2.23. The normalized spacial score (nSPS) is 10.4. The first-order valence-electron chi connectivity index (χ1n) is 6.98. The number of fused-ring (bicyclic) bond motifs is 1. The minimum Gasteiger partial charge on any atom is -0.483 e. The van der Waals surface area contributed by atoms with Crippen molar-refractivity contribution in [2.24, 2.45) is 0 Å². The van der Waals surface area contributed by atoms with Crippen LogP contribution < -0.4 is 10.4 Å². The van der Waals surface area contributed by atoms with Crippen LogP contribution in [0.15, 0.2) is 39.6 Å². The number of nitrogens with zero attached hydrogens (tertiary/aromatic N) is 1. The van der Waals surface area contributed by atoms with Crippen LogP contribution in [-0.2, 0) is 9.53 Å². The highest BCUT2D eigenvalue weighted by Crippen LogP contribution is 2.35. The largest absolute Gasteiger partial charge is 0.483 e. The third-order valence-corrected chi connectivity index (χ3v) is 3.16. The zero-order chi connectivity index (χ0) is 17.9. The fraction of sp³-hybridized carbons (Fsp3) is 0.250. The third kappa shape index (κ3) is 3.60. The smallest absolute Gasteiger partial charge is 0.353 e. The second-order valence-corrected chi connectivity index (χ2v) is 5.06. The molecule has 0 fully saturated rings. The van der Waals surface area contributed by atoms with Crippen LogP contribution in [-0.4, -0.2) is 24.1 Å². The number of hydrogen-bond donors (Lipinski definition) is 0. The van der Waals surface area contributed by atoms with Crippen LogP contribution in [0.4, 0.5) is 5.69 Å². The van der Waals surface area contributed by atoms with Gasteiger partial charge in [-0.3, -0.25) is 10.1 Å². The molecule has 0 saturated heterocycles. The summed E-state index contributed by atoms with van der Waals surface area (Å²) in [6.07, 6.45) is 0. The van der Waals surface area contributed by atoms with Crippen LogP contribution in [0.1, 0.15) is 12.5 Å². The van der Waals surface area contributed by atoms with Gasteiger partial charge in [0.2, 0.25) is 11.3 Å². The Balaban J connectivity index is 2.29. The monoisotopic (exact) mass is 333 g/mol. The maximum absolute atomic E-state index is 11.5. The molecule has 1 aromatic carbocycles. The Morgan fingerprint density at radius 2 is 2.08 bits per heavy atom. The van der Waals surface area contributed by atoms with E-state index in [1.807, 2.05) is 0 Å². The third-order valence-electron chi connectivity index (χ3n) is 3.16. The molecule has 126 valence electrons. The van der Waals surface area contributed by atoms with Crippen molar-refractivity contribution >= 4 is 22.6 Å². The number of carbonyl (C=O) groups excluding carboxylic acids is 1. The van der Waals surface area contributed by atoms with Gasteiger partial charge in [-0.25, -0.2) is 9.59 Å². The maximum Gasteiger partial charge on any atom is 0.353 e. The van der Waals surface area contributed by atoms with Crippen LogP contribution in [0.2, 0.25) is 0 Å². The molecule has 2 rings (SSSR count). The van der Waals surface area contributed by atoms with Gasteiger partial charge < -0.3 is 13.9 Å². The van der Waals surface area contributed by atoms with E-state index in [-0.39, 0.29) is 30.1 Å². The summed E-state index contributed by atoms with van der Waals surface area (Å²) in [6, 6.07) is 4.23. The number of nitro benzene ring substituents is 1. The Morgan fingerprint density at radius 3 is 2.71 bits per heavy atom. The number of esters is 1. The zero-order valence-corrected chi connectivity index (χ0v) is 13.2. The van der Waals surface area contributed by atoms with Crippen molar-refractivity contribution in [3.05, 3.63) is 56.4 Å². The van der Waals surface area contributed by atoms with Crippen molar-refractivity contribution < 1.29 is 23.6 Å². The molecule has 0 N–H and O–H groups in total. The van der Waals surface area contributed by atoms with Crippen molar-refractivity contribution in [2.45, 2.75) is 13.8 Å². The van der Waals surface area contributed by atoms with E-state index >= 15 is 0 Å². The highest BCUT2D eigenvalue weighted by molar-refractivity contribution is 5.90. The summed E-state index contributed by atoms with van der Waals surface area (Å²) in [4.78, 5) is 33.4. The molecule has 0 amide bonds. The van der Waals surface area contributed by atoms with Gasteiger partial charge >= 0.3 is 17.3 Å². The van der Waals surface area contributed by atoms with E-state index in [4.69, 9.17) is 13.9 Å². The molecule has 1 heterocycles. The van der Waals surface area contributed by atoms with Gasteiger partial charge in [0.25, 0.3) is 0 Å². The van der Waals surface area contributed by atoms with Crippen molar-refractivity contribution in [3.8, 4) is 5.75 Å². The molecule has 8 nitrogen and oxygen atoms in total. The summed E-state index contributed by atoms with van der Waals surface area (Å²) in [5.41, 5.74) is -0.480. The number of nitro groups is 1. The lowest BCUT2D eigenvalue weighted by Crippen LogP contribution is -2.13. The first kappa shape index (κ1) is 17.2. The summed E-state index contributed by atoms with van der Waals surface area (Å²) in [6.45, 7) is 6.39. The second-order valence-electron chi connectivity index (χ2n) is 5.06. The van der Waals surface area contributed by atoms with E-state index < -0.39 is 22.2 Å². The van der Waals surface area contributed by atoms with E-state index in [0.29, 0.717) is 10.9 Å². The number of ether oxygens (including phenoxy) is 2. The predicted molar refractivity (Wildman–Crippen MR) is 85.1 cm³/mol. The molecule has 0 aliphatic rings. The van der Waals surface area contributed by atoms with Crippen LogP contribution >= 0.6 is 0 Å². The molecule has 0 aliphatic carbocycles. The molecule has 0 unspecified atom stereocenters. The molecule has 24 heavy (non-hydrogen) atoms. The number of hydrogen-bond acceptors (Lipinski definition) is 7. The SMILES string of the molecule is C=C(C)C(=O)OCCOc1ccc2c(C)cc(=O)oc2c1[N+](=O)[O-]. The molecule has 0 radical (unpaired) electrons. The highest BCUT2D eigenvalue weighted by atomic mass is 16.6. The lowest BCUT2D eigenvalue weighted by molar-refractivity contribution is -0.384. The van der Waals surface area contributed by atoms with Crippen LogP contribution in [0.3, 0.4) is 0 Å². The number of rotatable bonds is 6. The molecule has 0 atom stereocenters. The minimum absolute atomic E-state index is 0.0763. The van der Waals surface area contributed by atoms with Crippen LogP contribution in [0, 0.1) is 17.0 Å². The second kappa shape index (κ2) is 6.95. The quantitative estimate of drug-likeness (QED) is 0.199. The fourth-order valence-electron chi connectivity index (χ4n) is 2.05. The Labute approximate surface area is 136 Å². The lowest BCUT2D eigenvalue weighted by atomic mass is 10.1. The zero-order valence-electron chi connectivity index (χ0n) is 13.2. The van der Waals surface area contributed by atoms with Crippen LogP contribution in [0.25, 0.3) is 11.0 Å². The van der Waals surface area contributed by atoms with Crippen molar-refractivity contribution in [3.63, 3.8) is 0 Å². The van der Waals surface area contributed by atoms with E-state index in [1.54, 1.807) is 13.0 Å². The van der Waals surface area contributed by atoms with Crippen LogP contribution in [0.5, 0.6) is 5.75 Å². The van der Waals surface area contributed by atoms with Gasteiger partial charge in [-0.15, -0.1) is 0 Å². The average Bonchev–Trinajstić information content (AvgIpc) is 2.49. The Kier molecular flexibility index (Phi) is 4.98. The summed E-state index contributed by atoms with van der Waals surface area (Å²) >= 11 is 0. The molecular formula is C16H15NO7. The summed E-state index contributed by atoms with van der Waals surface area (Å²) < 4.78 is 15.1. The van der Waals surface area contributed by atoms with Gasteiger partial charge in [0.05, 0.1) is 4.92 Å². The minimum atomic E-state index is -0.685. The van der Waals surface area contributed by atoms with Gasteiger partial charge in [0.1, 0.15) is 13.2 Å². The van der Waals surface area contributed by atoms with Crippen molar-refractivity contribution in [1.29, 1.82) is 0 Å². The topological polar surface area (TPSA) is 109 Å². The summed E-state index contributed by atoms with van der Waals surface area (Å²) in [5.74, 6) is -0.652. The standard InChI is InChI=1S/C16H15NO7/c1-9(2)16(19)23-7-6-22-12-5-4-11-10(3)8-13(18)24-15(11)14(12)17(20)21/h4-5,8H,1,6-7H2,2-3H3. The van der Waals surface area contributed by atoms with Gasteiger partial charge in [-0.2, -0.15) is 0 Å². The molecule has 0 bridgehead atoms. The number of aryl methyl sites for hydroxylation is 1. The van der Waals surface area contributed by atoms with Gasteiger partial charge in [0, 0.05) is 17.0 Å². The molecule has 8 heteroatoms. The first-order chi connectivity index (χ1) is 11.3. The Bertz CT molecular complexity index is 882. The first-order valence-corrected chi connectivity index (χ1v) is 6.98. The van der Waals surface area contributed by atoms with Gasteiger partial charge in [-0.1, -0.05) is 6.58 Å². The molecule has 1 aromatic heterocycles. The molecular weight excluding hydrogens is 318 g/mol.